The van der Waals surface area contributed by atoms with Gasteiger partial charge in [-0.3, -0.25) is 9.05 Å². The fourth-order valence-corrected chi connectivity index (χ4v) is 6.89. The molecule has 0 aromatic heterocycles. The number of hydrogen-bond donors (Lipinski definition) is 1. The van der Waals surface area contributed by atoms with Gasteiger partial charge in [-0.25, -0.2) is 4.57 Å². The summed E-state index contributed by atoms with van der Waals surface area (Å²) in [6.45, 7) is 6.42. The number of hydrogen-bond acceptors (Lipinski definition) is 6. The highest BCUT2D eigenvalue weighted by Gasteiger charge is 2.40. The van der Waals surface area contributed by atoms with E-state index in [1.807, 2.05) is 7.05 Å². The molecule has 1 N–H and O–H groups in total. The van der Waals surface area contributed by atoms with Crippen LogP contribution in [0, 0.1) is 0 Å². The third-order valence-corrected chi connectivity index (χ3v) is 10.6. The summed E-state index contributed by atoms with van der Waals surface area (Å²) < 4.78 is 34.2. The van der Waals surface area contributed by atoms with Crippen molar-refractivity contribution in [1.82, 2.24) is 4.90 Å². The van der Waals surface area contributed by atoms with Crippen molar-refractivity contribution in [1.29, 1.82) is 0 Å². The first-order valence-electron chi connectivity index (χ1n) is 21.0. The third kappa shape index (κ3) is 29.0. The zero-order valence-electron chi connectivity index (χ0n) is 33.6. The summed E-state index contributed by atoms with van der Waals surface area (Å²) in [6.07, 6.45) is 48.9. The lowest BCUT2D eigenvalue weighted by Crippen LogP contribution is -2.36. The van der Waals surface area contributed by atoms with Crippen LogP contribution in [0.2, 0.25) is 0 Å². The molecule has 1 heterocycles. The Morgan fingerprint density at radius 2 is 1.14 bits per heavy atom. The Labute approximate surface area is 315 Å². The number of phosphoric ester groups is 1. The van der Waals surface area contributed by atoms with Gasteiger partial charge in [0.15, 0.2) is 5.79 Å². The summed E-state index contributed by atoms with van der Waals surface area (Å²) in [7, 11) is -0.795. The Hall–Kier alpha value is -1.05. The van der Waals surface area contributed by atoms with Crippen molar-refractivity contribution in [3.63, 3.8) is 0 Å². The number of phosphoric acid groups is 1. The van der Waals surface area contributed by atoms with Crippen molar-refractivity contribution in [2.45, 2.75) is 186 Å². The quantitative estimate of drug-likeness (QED) is 0.0390. The molecule has 0 spiro atoms. The van der Waals surface area contributed by atoms with Crippen LogP contribution >= 0.6 is 7.82 Å². The van der Waals surface area contributed by atoms with E-state index in [0.29, 0.717) is 19.7 Å². The Bertz CT molecular complexity index is 953. The van der Waals surface area contributed by atoms with Crippen LogP contribution in [0.15, 0.2) is 48.6 Å². The zero-order chi connectivity index (χ0) is 37.1. The van der Waals surface area contributed by atoms with Crippen LogP contribution in [-0.2, 0) is 23.1 Å². The molecule has 51 heavy (non-hydrogen) atoms. The van der Waals surface area contributed by atoms with E-state index in [1.54, 1.807) is 0 Å². The van der Waals surface area contributed by atoms with Crippen LogP contribution < -0.4 is 0 Å². The van der Waals surface area contributed by atoms with Crippen LogP contribution in [0.4, 0.5) is 0 Å². The summed E-state index contributed by atoms with van der Waals surface area (Å²) in [5.41, 5.74) is 0. The molecule has 3 atom stereocenters. The van der Waals surface area contributed by atoms with Crippen LogP contribution in [0.1, 0.15) is 174 Å². The molecule has 0 amide bonds. The van der Waals surface area contributed by atoms with Crippen LogP contribution in [0.3, 0.4) is 0 Å². The van der Waals surface area contributed by atoms with E-state index in [1.165, 1.54) is 129 Å². The second-order valence-electron chi connectivity index (χ2n) is 14.5. The smallest absolute Gasteiger partial charge is 0.347 e. The zero-order valence-corrected chi connectivity index (χ0v) is 34.5. The molecule has 2 unspecified atom stereocenters. The molecule has 0 saturated carbocycles. The number of unbranched alkanes of at least 4 members (excludes halogenated alkanes) is 17. The van der Waals surface area contributed by atoms with E-state index < -0.39 is 13.6 Å². The number of nitrogens with zero attached hydrogens (tertiary/aromatic N) is 1. The van der Waals surface area contributed by atoms with Gasteiger partial charge in [0.05, 0.1) is 19.3 Å². The molecule has 298 valence electrons. The van der Waals surface area contributed by atoms with Crippen LogP contribution in [0.25, 0.3) is 0 Å². The number of ether oxygens (including phenoxy) is 2. The molecule has 0 radical (unpaired) electrons. The molecule has 0 aliphatic carbocycles. The Morgan fingerprint density at radius 3 is 1.63 bits per heavy atom. The molecule has 0 aromatic rings. The molecule has 1 saturated heterocycles. The van der Waals surface area contributed by atoms with Crippen LogP contribution in [0.5, 0.6) is 0 Å². The van der Waals surface area contributed by atoms with Gasteiger partial charge < -0.3 is 19.3 Å². The summed E-state index contributed by atoms with van der Waals surface area (Å²) in [4.78, 5) is 11.6. The van der Waals surface area contributed by atoms with Gasteiger partial charge in [0.1, 0.15) is 0 Å². The normalized spacial score (nSPS) is 19.6. The number of allylic oxidation sites excluding steroid dienone is 8. The van der Waals surface area contributed by atoms with Gasteiger partial charge in [-0.15, -0.1) is 0 Å². The fourth-order valence-electron chi connectivity index (χ4n) is 6.47. The van der Waals surface area contributed by atoms with E-state index >= 15 is 0 Å². The summed E-state index contributed by atoms with van der Waals surface area (Å²) >= 11 is 0. The SMILES string of the molecule is CCCC/C=C\C/C=C\CCCCCCCCC1(CCCCCCCC/C=C\C/C=C\CCCCC)OC[C@H](CN(C)CCOP(=O)(O)OC)O1. The van der Waals surface area contributed by atoms with Crippen LogP contribution in [-0.4, -0.2) is 62.1 Å². The van der Waals surface area contributed by atoms with Crippen molar-refractivity contribution in [3.05, 3.63) is 48.6 Å². The van der Waals surface area contributed by atoms with Crippen molar-refractivity contribution < 1.29 is 28.0 Å². The molecule has 1 aliphatic heterocycles. The predicted molar refractivity (Wildman–Crippen MR) is 217 cm³/mol. The maximum atomic E-state index is 11.6. The minimum absolute atomic E-state index is 0.0113. The second-order valence-corrected chi connectivity index (χ2v) is 16.1. The average molecular weight is 738 g/mol. The van der Waals surface area contributed by atoms with Gasteiger partial charge in [-0.05, 0) is 77.7 Å². The first-order chi connectivity index (χ1) is 24.9. The average Bonchev–Trinajstić information content (AvgIpc) is 3.51. The van der Waals surface area contributed by atoms with Gasteiger partial charge in [-0.2, -0.15) is 0 Å². The van der Waals surface area contributed by atoms with Gasteiger partial charge in [0, 0.05) is 33.0 Å². The van der Waals surface area contributed by atoms with E-state index in [0.717, 1.165) is 38.5 Å². The first kappa shape index (κ1) is 48.0. The van der Waals surface area contributed by atoms with E-state index in [9.17, 15) is 9.46 Å². The maximum absolute atomic E-state index is 11.6. The van der Waals surface area contributed by atoms with E-state index in [4.69, 9.17) is 14.0 Å². The lowest BCUT2D eigenvalue weighted by atomic mass is 9.98. The molecular formula is C43H80NO6P. The minimum Gasteiger partial charge on any atom is -0.347 e. The molecular weight excluding hydrogens is 657 g/mol. The Kier molecular flexibility index (Phi) is 31.5. The number of likely N-dealkylation sites (N-methyl/N-ethyl adjacent to an activating group) is 1. The summed E-state index contributed by atoms with van der Waals surface area (Å²) in [5, 5.41) is 0. The van der Waals surface area contributed by atoms with Crippen molar-refractivity contribution in [2.24, 2.45) is 0 Å². The van der Waals surface area contributed by atoms with Gasteiger partial charge in [0.2, 0.25) is 0 Å². The summed E-state index contributed by atoms with van der Waals surface area (Å²) in [6, 6.07) is 0. The highest BCUT2D eigenvalue weighted by atomic mass is 31.2. The molecule has 0 bridgehead atoms. The summed E-state index contributed by atoms with van der Waals surface area (Å²) in [5.74, 6) is -0.482. The minimum atomic E-state index is -3.95. The molecule has 1 fully saturated rings. The first-order valence-corrected chi connectivity index (χ1v) is 22.5. The standard InChI is InChI=1S/C43H80NO6P/c1-5-7-9-11-13-15-17-19-21-23-25-27-29-31-33-35-37-43(48-41-42(50-43)40-44(3)38-39-49-51(45,46)47-4)36-34-32-30-28-26-24-22-20-18-16-14-12-10-8-6-2/h12-15,18-21,42H,5-11,16-17,22-41H2,1-4H3,(H,45,46)/b14-12-,15-13-,20-18-,21-19-/t42-,43?/m0/s1. The largest absolute Gasteiger partial charge is 0.471 e. The van der Waals surface area contributed by atoms with Crippen molar-refractivity contribution in [2.75, 3.05) is 40.5 Å². The second kappa shape index (κ2) is 33.5. The predicted octanol–water partition coefficient (Wildman–Crippen LogP) is 12.8. The molecule has 1 aliphatic rings. The Morgan fingerprint density at radius 1 is 0.686 bits per heavy atom. The van der Waals surface area contributed by atoms with Gasteiger partial charge >= 0.3 is 7.82 Å². The number of rotatable bonds is 36. The highest BCUT2D eigenvalue weighted by molar-refractivity contribution is 7.47. The lowest BCUT2D eigenvalue weighted by molar-refractivity contribution is -0.180. The molecule has 0 aromatic carbocycles. The molecule has 1 rings (SSSR count). The maximum Gasteiger partial charge on any atom is 0.471 e. The molecule has 7 nitrogen and oxygen atoms in total. The van der Waals surface area contributed by atoms with E-state index in [2.05, 4.69) is 71.9 Å². The topological polar surface area (TPSA) is 77.5 Å². The van der Waals surface area contributed by atoms with E-state index in [-0.39, 0.29) is 12.7 Å². The van der Waals surface area contributed by atoms with Crippen molar-refractivity contribution >= 4 is 7.82 Å². The molecule has 8 heteroatoms. The Balaban J connectivity index is 2.34. The van der Waals surface area contributed by atoms with Gasteiger partial charge in [-0.1, -0.05) is 140 Å². The highest BCUT2D eigenvalue weighted by Crippen LogP contribution is 2.41. The fraction of sp³-hybridized carbons (Fsp3) is 0.814. The third-order valence-electron chi connectivity index (χ3n) is 9.65. The van der Waals surface area contributed by atoms with Crippen molar-refractivity contribution in [3.8, 4) is 0 Å². The lowest BCUT2D eigenvalue weighted by Gasteiger charge is -2.29. The monoisotopic (exact) mass is 738 g/mol. The van der Waals surface area contributed by atoms with Gasteiger partial charge in [0.25, 0.3) is 0 Å².